The van der Waals surface area contributed by atoms with E-state index >= 15 is 0 Å². The lowest BCUT2D eigenvalue weighted by atomic mass is 10.0. The maximum absolute atomic E-state index is 10.8. The van der Waals surface area contributed by atoms with Gasteiger partial charge in [0.05, 0.1) is 0 Å². The van der Waals surface area contributed by atoms with Gasteiger partial charge in [-0.2, -0.15) is 0 Å². The number of rotatable bonds is 9. The Morgan fingerprint density at radius 3 is 2.26 bits per heavy atom. The molecule has 0 saturated carbocycles. The van der Waals surface area contributed by atoms with Gasteiger partial charge in [0.2, 0.25) is 0 Å². The van der Waals surface area contributed by atoms with Crippen LogP contribution in [0.15, 0.2) is 18.2 Å². The number of carboxylic acids is 1. The summed E-state index contributed by atoms with van der Waals surface area (Å²) >= 11 is 0. The zero-order valence-corrected chi connectivity index (χ0v) is 11.7. The number of aromatic hydroxyl groups is 1. The molecule has 3 heteroatoms. The number of carboxylic acid groups (broad SMARTS) is 1. The van der Waals surface area contributed by atoms with Crippen molar-refractivity contribution in [1.82, 2.24) is 0 Å². The van der Waals surface area contributed by atoms with E-state index in [2.05, 4.69) is 6.92 Å². The van der Waals surface area contributed by atoms with Crippen LogP contribution in [-0.2, 0) is 6.42 Å². The van der Waals surface area contributed by atoms with E-state index in [0.29, 0.717) is 0 Å². The third-order valence-corrected chi connectivity index (χ3v) is 3.36. The van der Waals surface area contributed by atoms with E-state index < -0.39 is 5.97 Å². The normalized spacial score (nSPS) is 10.6. The highest BCUT2D eigenvalue weighted by Crippen LogP contribution is 2.20. The zero-order valence-electron chi connectivity index (χ0n) is 11.7. The van der Waals surface area contributed by atoms with Gasteiger partial charge in [-0.15, -0.1) is 0 Å². The molecule has 0 aliphatic rings. The summed E-state index contributed by atoms with van der Waals surface area (Å²) in [5.74, 6) is -1.21. The number of hydrogen-bond acceptors (Lipinski definition) is 2. The number of phenols is 1. The lowest BCUT2D eigenvalue weighted by Gasteiger charge is -2.05. The summed E-state index contributed by atoms with van der Waals surface area (Å²) in [6.45, 7) is 2.22. The smallest absolute Gasteiger partial charge is 0.339 e. The fourth-order valence-corrected chi connectivity index (χ4v) is 2.20. The van der Waals surface area contributed by atoms with Crippen molar-refractivity contribution in [3.05, 3.63) is 29.3 Å². The molecule has 0 unspecified atom stereocenters. The molecule has 0 spiro atoms. The number of unbranched alkanes of at least 4 members (excludes halogenated alkanes) is 6. The number of benzene rings is 1. The van der Waals surface area contributed by atoms with Crippen LogP contribution in [0.1, 0.15) is 67.8 Å². The molecule has 1 aromatic rings. The highest BCUT2D eigenvalue weighted by atomic mass is 16.4. The maximum atomic E-state index is 10.8. The molecule has 0 heterocycles. The Morgan fingerprint density at radius 1 is 1.05 bits per heavy atom. The number of hydrogen-bond donors (Lipinski definition) is 2. The molecule has 0 amide bonds. The second kappa shape index (κ2) is 8.57. The predicted octanol–water partition coefficient (Wildman–Crippen LogP) is 4.38. The third-order valence-electron chi connectivity index (χ3n) is 3.36. The molecule has 0 atom stereocenters. The molecule has 0 aromatic heterocycles. The van der Waals surface area contributed by atoms with Crippen LogP contribution in [0.4, 0.5) is 0 Å². The molecule has 106 valence electrons. The van der Waals surface area contributed by atoms with Crippen molar-refractivity contribution >= 4 is 5.97 Å². The Balaban J connectivity index is 2.26. The summed E-state index contributed by atoms with van der Waals surface area (Å²) in [7, 11) is 0. The Hall–Kier alpha value is -1.51. The van der Waals surface area contributed by atoms with E-state index in [4.69, 9.17) is 5.11 Å². The molecular formula is C16H24O3. The standard InChI is InChI=1S/C16H24O3/c1-2-3-4-5-6-7-8-9-13-10-11-14(16(18)19)15(17)12-13/h10-12,17H,2-9H2,1H3,(H,18,19). The van der Waals surface area contributed by atoms with Gasteiger partial charge >= 0.3 is 5.97 Å². The highest BCUT2D eigenvalue weighted by molar-refractivity contribution is 5.90. The first kappa shape index (κ1) is 15.5. The molecule has 0 bridgehead atoms. The van der Waals surface area contributed by atoms with E-state index in [9.17, 15) is 9.90 Å². The second-order valence-corrected chi connectivity index (χ2v) is 5.03. The molecule has 0 fully saturated rings. The van der Waals surface area contributed by atoms with Crippen LogP contribution in [0.2, 0.25) is 0 Å². The van der Waals surface area contributed by atoms with Gasteiger partial charge in [0, 0.05) is 0 Å². The molecule has 19 heavy (non-hydrogen) atoms. The summed E-state index contributed by atoms with van der Waals surface area (Å²) in [6.07, 6.45) is 9.69. The van der Waals surface area contributed by atoms with Crippen molar-refractivity contribution in [3.8, 4) is 5.75 Å². The summed E-state index contributed by atoms with van der Waals surface area (Å²) < 4.78 is 0. The summed E-state index contributed by atoms with van der Waals surface area (Å²) in [4.78, 5) is 10.8. The summed E-state index contributed by atoms with van der Waals surface area (Å²) in [6, 6.07) is 4.84. The molecule has 0 aliphatic heterocycles. The van der Waals surface area contributed by atoms with Crippen LogP contribution in [-0.4, -0.2) is 16.2 Å². The number of carbonyl (C=O) groups is 1. The number of aryl methyl sites for hydroxylation is 1. The van der Waals surface area contributed by atoms with Crippen molar-refractivity contribution in [1.29, 1.82) is 0 Å². The van der Waals surface area contributed by atoms with Gasteiger partial charge in [0.1, 0.15) is 11.3 Å². The first-order chi connectivity index (χ1) is 9.15. The lowest BCUT2D eigenvalue weighted by molar-refractivity contribution is 0.0693. The Labute approximate surface area is 115 Å². The maximum Gasteiger partial charge on any atom is 0.339 e. The largest absolute Gasteiger partial charge is 0.507 e. The Kier molecular flexibility index (Phi) is 7.01. The minimum absolute atomic E-state index is 0.0247. The predicted molar refractivity (Wildman–Crippen MR) is 76.8 cm³/mol. The Morgan fingerprint density at radius 2 is 1.68 bits per heavy atom. The fraction of sp³-hybridized carbons (Fsp3) is 0.562. The van der Waals surface area contributed by atoms with Crippen molar-refractivity contribution in [2.24, 2.45) is 0 Å². The van der Waals surface area contributed by atoms with E-state index in [-0.39, 0.29) is 11.3 Å². The minimum atomic E-state index is -1.08. The molecule has 0 saturated heterocycles. The van der Waals surface area contributed by atoms with E-state index in [0.717, 1.165) is 18.4 Å². The SMILES string of the molecule is CCCCCCCCCc1ccc(C(=O)O)c(O)c1. The van der Waals surface area contributed by atoms with Crippen molar-refractivity contribution < 1.29 is 15.0 Å². The molecule has 3 nitrogen and oxygen atoms in total. The van der Waals surface area contributed by atoms with Crippen LogP contribution in [0.3, 0.4) is 0 Å². The van der Waals surface area contributed by atoms with Gasteiger partial charge in [0.25, 0.3) is 0 Å². The van der Waals surface area contributed by atoms with Gasteiger partial charge in [-0.1, -0.05) is 51.5 Å². The first-order valence-electron chi connectivity index (χ1n) is 7.20. The molecule has 1 rings (SSSR count). The van der Waals surface area contributed by atoms with Crippen LogP contribution in [0.5, 0.6) is 5.75 Å². The second-order valence-electron chi connectivity index (χ2n) is 5.03. The average Bonchev–Trinajstić information content (AvgIpc) is 2.37. The van der Waals surface area contributed by atoms with Gasteiger partial charge in [-0.25, -0.2) is 4.79 Å². The number of aromatic carboxylic acids is 1. The molecule has 0 aliphatic carbocycles. The van der Waals surface area contributed by atoms with Crippen LogP contribution in [0, 0.1) is 0 Å². The lowest BCUT2D eigenvalue weighted by Crippen LogP contribution is -1.97. The molecule has 1 aromatic carbocycles. The Bertz CT molecular complexity index is 399. The summed E-state index contributed by atoms with van der Waals surface area (Å²) in [5, 5.41) is 18.4. The van der Waals surface area contributed by atoms with Gasteiger partial charge in [0.15, 0.2) is 0 Å². The molecular weight excluding hydrogens is 240 g/mol. The topological polar surface area (TPSA) is 57.5 Å². The quantitative estimate of drug-likeness (QED) is 0.650. The van der Waals surface area contributed by atoms with Crippen LogP contribution in [0.25, 0.3) is 0 Å². The van der Waals surface area contributed by atoms with Crippen molar-refractivity contribution in [2.45, 2.75) is 58.3 Å². The molecule has 2 N–H and O–H groups in total. The van der Waals surface area contributed by atoms with Crippen molar-refractivity contribution in [2.75, 3.05) is 0 Å². The van der Waals surface area contributed by atoms with Gasteiger partial charge in [-0.3, -0.25) is 0 Å². The van der Waals surface area contributed by atoms with Gasteiger partial charge < -0.3 is 10.2 Å². The van der Waals surface area contributed by atoms with E-state index in [1.165, 1.54) is 44.6 Å². The van der Waals surface area contributed by atoms with Crippen LogP contribution < -0.4 is 0 Å². The van der Waals surface area contributed by atoms with Crippen LogP contribution >= 0.6 is 0 Å². The van der Waals surface area contributed by atoms with E-state index in [1.54, 1.807) is 12.1 Å². The monoisotopic (exact) mass is 264 g/mol. The van der Waals surface area contributed by atoms with E-state index in [1.807, 2.05) is 0 Å². The first-order valence-corrected chi connectivity index (χ1v) is 7.20. The third kappa shape index (κ3) is 5.77. The average molecular weight is 264 g/mol. The zero-order chi connectivity index (χ0) is 14.1. The fourth-order valence-electron chi connectivity index (χ4n) is 2.20. The summed E-state index contributed by atoms with van der Waals surface area (Å²) in [5.41, 5.74) is 0.986. The minimum Gasteiger partial charge on any atom is -0.507 e. The van der Waals surface area contributed by atoms with Gasteiger partial charge in [-0.05, 0) is 30.5 Å². The van der Waals surface area contributed by atoms with Crippen molar-refractivity contribution in [3.63, 3.8) is 0 Å². The highest BCUT2D eigenvalue weighted by Gasteiger charge is 2.09. The molecule has 0 radical (unpaired) electrons.